The van der Waals surface area contributed by atoms with Crippen molar-refractivity contribution in [3.63, 3.8) is 0 Å². The first-order chi connectivity index (χ1) is 9.48. The Kier molecular flexibility index (Phi) is 4.78. The number of hydrogen-bond acceptors (Lipinski definition) is 3. The summed E-state index contributed by atoms with van der Waals surface area (Å²) in [7, 11) is 0. The Morgan fingerprint density at radius 2 is 2.10 bits per heavy atom. The maximum Gasteiger partial charge on any atom is 0.251 e. The van der Waals surface area contributed by atoms with Gasteiger partial charge < -0.3 is 14.7 Å². The zero-order chi connectivity index (χ0) is 14.6. The third-order valence-electron chi connectivity index (χ3n) is 3.51. The Labute approximate surface area is 120 Å². The molecule has 0 spiro atoms. The molecule has 1 aliphatic rings. The number of nitrogens with zero attached hydrogens (tertiary/aromatic N) is 1. The molecule has 1 saturated heterocycles. The fourth-order valence-corrected chi connectivity index (χ4v) is 2.51. The van der Waals surface area contributed by atoms with E-state index >= 15 is 0 Å². The van der Waals surface area contributed by atoms with Crippen LogP contribution >= 0.6 is 0 Å². The van der Waals surface area contributed by atoms with Crippen molar-refractivity contribution in [2.24, 2.45) is 0 Å². The van der Waals surface area contributed by atoms with Gasteiger partial charge in [-0.25, -0.2) is 0 Å². The lowest BCUT2D eigenvalue weighted by Crippen LogP contribution is -2.46. The number of carbonyl (C=O) groups is 1. The molecule has 0 aromatic heterocycles. The normalized spacial score (nSPS) is 20.2. The van der Waals surface area contributed by atoms with Gasteiger partial charge in [-0.1, -0.05) is 30.3 Å². The van der Waals surface area contributed by atoms with E-state index in [0.717, 1.165) is 12.0 Å². The lowest BCUT2D eigenvalue weighted by molar-refractivity contribution is -0.142. The molecule has 1 atom stereocenters. The third-order valence-corrected chi connectivity index (χ3v) is 3.51. The number of benzene rings is 1. The SMILES string of the molecule is CC1(C)CN(C(=O)[C@@H](O)Cc2ccccc2)CCCO1. The van der Waals surface area contributed by atoms with Gasteiger partial charge in [0.1, 0.15) is 6.10 Å². The molecule has 0 aliphatic carbocycles. The summed E-state index contributed by atoms with van der Waals surface area (Å²) in [6.07, 6.45) is 0.191. The Morgan fingerprint density at radius 1 is 1.40 bits per heavy atom. The minimum absolute atomic E-state index is 0.201. The van der Waals surface area contributed by atoms with Crippen LogP contribution in [0.15, 0.2) is 30.3 Å². The molecule has 1 aromatic carbocycles. The summed E-state index contributed by atoms with van der Waals surface area (Å²) in [5, 5.41) is 10.2. The average Bonchev–Trinajstić information content (AvgIpc) is 2.60. The van der Waals surface area contributed by atoms with Gasteiger partial charge in [-0.3, -0.25) is 4.79 Å². The number of hydrogen-bond donors (Lipinski definition) is 1. The van der Waals surface area contributed by atoms with Crippen molar-refractivity contribution in [1.82, 2.24) is 4.90 Å². The Hall–Kier alpha value is -1.39. The predicted octanol–water partition coefficient (Wildman–Crippen LogP) is 1.62. The highest BCUT2D eigenvalue weighted by Gasteiger charge is 2.30. The van der Waals surface area contributed by atoms with E-state index in [1.165, 1.54) is 0 Å². The highest BCUT2D eigenvalue weighted by molar-refractivity contribution is 5.81. The first-order valence-electron chi connectivity index (χ1n) is 7.13. The number of ether oxygens (including phenoxy) is 1. The summed E-state index contributed by atoms with van der Waals surface area (Å²) in [5.41, 5.74) is 0.622. The molecular weight excluding hydrogens is 254 g/mol. The molecule has 0 unspecified atom stereocenters. The van der Waals surface area contributed by atoms with E-state index in [2.05, 4.69) is 0 Å². The van der Waals surface area contributed by atoms with E-state index in [-0.39, 0.29) is 11.5 Å². The highest BCUT2D eigenvalue weighted by atomic mass is 16.5. The first-order valence-corrected chi connectivity index (χ1v) is 7.13. The molecular formula is C16H23NO3. The molecule has 0 radical (unpaired) electrons. The third kappa shape index (κ3) is 4.05. The molecule has 20 heavy (non-hydrogen) atoms. The van der Waals surface area contributed by atoms with Crippen molar-refractivity contribution >= 4 is 5.91 Å². The number of aliphatic hydroxyl groups excluding tert-OH is 1. The maximum atomic E-state index is 12.4. The molecule has 1 fully saturated rings. The molecule has 110 valence electrons. The second-order valence-electron chi connectivity index (χ2n) is 5.93. The number of rotatable bonds is 3. The zero-order valence-electron chi connectivity index (χ0n) is 12.2. The monoisotopic (exact) mass is 277 g/mol. The Morgan fingerprint density at radius 3 is 2.80 bits per heavy atom. The second kappa shape index (κ2) is 6.37. The topological polar surface area (TPSA) is 49.8 Å². The van der Waals surface area contributed by atoms with Crippen LogP contribution in [-0.2, 0) is 16.0 Å². The van der Waals surface area contributed by atoms with Crippen LogP contribution < -0.4 is 0 Å². The predicted molar refractivity (Wildman–Crippen MR) is 77.4 cm³/mol. The molecule has 4 heteroatoms. The quantitative estimate of drug-likeness (QED) is 0.913. The number of amides is 1. The van der Waals surface area contributed by atoms with Crippen molar-refractivity contribution in [3.05, 3.63) is 35.9 Å². The first kappa shape index (κ1) is 15.0. The van der Waals surface area contributed by atoms with Crippen LogP contribution in [0.1, 0.15) is 25.8 Å². The summed E-state index contributed by atoms with van der Waals surface area (Å²) >= 11 is 0. The van der Waals surface area contributed by atoms with Crippen LogP contribution in [0.2, 0.25) is 0 Å². The summed E-state index contributed by atoms with van der Waals surface area (Å²) in [5.74, 6) is -0.201. The van der Waals surface area contributed by atoms with Crippen LogP contribution in [0.25, 0.3) is 0 Å². The van der Waals surface area contributed by atoms with Crippen LogP contribution in [0.4, 0.5) is 0 Å². The van der Waals surface area contributed by atoms with Crippen LogP contribution in [0, 0.1) is 0 Å². The molecule has 1 amide bonds. The van der Waals surface area contributed by atoms with E-state index in [0.29, 0.717) is 26.1 Å². The van der Waals surface area contributed by atoms with Crippen molar-refractivity contribution in [2.45, 2.75) is 38.4 Å². The molecule has 1 N–H and O–H groups in total. The minimum Gasteiger partial charge on any atom is -0.383 e. The molecule has 1 heterocycles. The Bertz CT molecular complexity index is 444. The van der Waals surface area contributed by atoms with Gasteiger partial charge in [0, 0.05) is 26.1 Å². The summed E-state index contributed by atoms with van der Waals surface area (Å²) in [6, 6.07) is 9.59. The van der Waals surface area contributed by atoms with Gasteiger partial charge in [0.25, 0.3) is 5.91 Å². The smallest absolute Gasteiger partial charge is 0.251 e. The standard InChI is InChI=1S/C16H23NO3/c1-16(2)12-17(9-6-10-20-16)15(19)14(18)11-13-7-4-3-5-8-13/h3-5,7-8,14,18H,6,9-12H2,1-2H3/t14-/m0/s1. The Balaban J connectivity index is 1.99. The largest absolute Gasteiger partial charge is 0.383 e. The van der Waals surface area contributed by atoms with Gasteiger partial charge in [0.15, 0.2) is 0 Å². The van der Waals surface area contributed by atoms with Crippen molar-refractivity contribution in [3.8, 4) is 0 Å². The summed E-state index contributed by atoms with van der Waals surface area (Å²) < 4.78 is 5.69. The average molecular weight is 277 g/mol. The van der Waals surface area contributed by atoms with E-state index in [9.17, 15) is 9.90 Å². The maximum absolute atomic E-state index is 12.4. The molecule has 0 bridgehead atoms. The van der Waals surface area contributed by atoms with Gasteiger partial charge in [0.05, 0.1) is 5.60 Å². The van der Waals surface area contributed by atoms with Gasteiger partial charge >= 0.3 is 0 Å². The van der Waals surface area contributed by atoms with Gasteiger partial charge in [-0.2, -0.15) is 0 Å². The van der Waals surface area contributed by atoms with E-state index < -0.39 is 6.10 Å². The van der Waals surface area contributed by atoms with Crippen LogP contribution in [-0.4, -0.2) is 47.3 Å². The molecule has 4 nitrogen and oxygen atoms in total. The van der Waals surface area contributed by atoms with Gasteiger partial charge in [-0.15, -0.1) is 0 Å². The zero-order valence-corrected chi connectivity index (χ0v) is 12.2. The molecule has 2 rings (SSSR count). The van der Waals surface area contributed by atoms with Gasteiger partial charge in [-0.05, 0) is 25.8 Å². The fraction of sp³-hybridized carbons (Fsp3) is 0.562. The second-order valence-corrected chi connectivity index (χ2v) is 5.93. The highest BCUT2D eigenvalue weighted by Crippen LogP contribution is 2.17. The summed E-state index contributed by atoms with van der Waals surface area (Å²) in [6.45, 7) is 5.78. The minimum atomic E-state index is -0.980. The lowest BCUT2D eigenvalue weighted by atomic mass is 10.1. The van der Waals surface area contributed by atoms with E-state index in [4.69, 9.17) is 4.74 Å². The molecule has 0 saturated carbocycles. The fourth-order valence-electron chi connectivity index (χ4n) is 2.51. The number of aliphatic hydroxyl groups is 1. The lowest BCUT2D eigenvalue weighted by Gasteiger charge is -2.30. The van der Waals surface area contributed by atoms with Crippen molar-refractivity contribution < 1.29 is 14.6 Å². The van der Waals surface area contributed by atoms with E-state index in [1.807, 2.05) is 44.2 Å². The number of carbonyl (C=O) groups excluding carboxylic acids is 1. The van der Waals surface area contributed by atoms with E-state index in [1.54, 1.807) is 4.90 Å². The van der Waals surface area contributed by atoms with Crippen molar-refractivity contribution in [2.75, 3.05) is 19.7 Å². The van der Waals surface area contributed by atoms with Gasteiger partial charge in [0.2, 0.25) is 0 Å². The van der Waals surface area contributed by atoms with Crippen LogP contribution in [0.5, 0.6) is 0 Å². The van der Waals surface area contributed by atoms with Crippen molar-refractivity contribution in [1.29, 1.82) is 0 Å². The molecule has 1 aliphatic heterocycles. The van der Waals surface area contributed by atoms with Crippen LogP contribution in [0.3, 0.4) is 0 Å². The molecule has 1 aromatic rings. The summed E-state index contributed by atoms with van der Waals surface area (Å²) in [4.78, 5) is 14.1.